The zero-order valence-electron chi connectivity index (χ0n) is 8.66. The Morgan fingerprint density at radius 3 is 3.00 bits per heavy atom. The van der Waals surface area contributed by atoms with Crippen LogP contribution in [0.3, 0.4) is 0 Å². The van der Waals surface area contributed by atoms with Crippen LogP contribution in [0.2, 0.25) is 4.47 Å². The molecule has 0 radical (unpaired) electrons. The molecule has 0 spiro atoms. The van der Waals surface area contributed by atoms with E-state index in [-0.39, 0.29) is 0 Å². The van der Waals surface area contributed by atoms with Gasteiger partial charge in [-0.2, -0.15) is 0 Å². The highest BCUT2D eigenvalue weighted by Crippen LogP contribution is 2.28. The zero-order valence-corrected chi connectivity index (χ0v) is 10.2. The molecule has 1 aromatic heterocycles. The minimum atomic E-state index is 0.533. The lowest BCUT2D eigenvalue weighted by Crippen LogP contribution is -2.04. The van der Waals surface area contributed by atoms with Crippen LogP contribution in [0.1, 0.15) is 13.8 Å². The Hall–Kier alpha value is -0.800. The van der Waals surface area contributed by atoms with Crippen molar-refractivity contribution < 1.29 is 4.74 Å². The molecule has 0 atom stereocenters. The van der Waals surface area contributed by atoms with E-state index >= 15 is 0 Å². The minimum absolute atomic E-state index is 0.533. The SMILES string of the molecule is CC(C)COc1ccc2nc(Cl)sc2c1. The van der Waals surface area contributed by atoms with Gasteiger partial charge >= 0.3 is 0 Å². The van der Waals surface area contributed by atoms with Gasteiger partial charge in [-0.25, -0.2) is 4.98 Å². The molecule has 0 saturated carbocycles. The van der Waals surface area contributed by atoms with Crippen LogP contribution in [0.5, 0.6) is 5.75 Å². The predicted molar refractivity (Wildman–Crippen MR) is 65.0 cm³/mol. The molecule has 80 valence electrons. The van der Waals surface area contributed by atoms with Gasteiger partial charge in [0.15, 0.2) is 4.47 Å². The van der Waals surface area contributed by atoms with Gasteiger partial charge in [-0.15, -0.1) is 11.3 Å². The van der Waals surface area contributed by atoms with Crippen LogP contribution in [0.25, 0.3) is 10.2 Å². The van der Waals surface area contributed by atoms with Crippen LogP contribution < -0.4 is 4.74 Å². The summed E-state index contributed by atoms with van der Waals surface area (Å²) in [7, 11) is 0. The van der Waals surface area contributed by atoms with Crippen LogP contribution in [0.15, 0.2) is 18.2 Å². The molecule has 0 saturated heterocycles. The molecular weight excluding hydrogens is 230 g/mol. The molecule has 4 heteroatoms. The fourth-order valence-electron chi connectivity index (χ4n) is 1.23. The maximum absolute atomic E-state index is 5.83. The van der Waals surface area contributed by atoms with Crippen molar-refractivity contribution in [2.24, 2.45) is 5.92 Å². The highest BCUT2D eigenvalue weighted by Gasteiger charge is 2.03. The summed E-state index contributed by atoms with van der Waals surface area (Å²) in [4.78, 5) is 4.18. The smallest absolute Gasteiger partial charge is 0.184 e. The van der Waals surface area contributed by atoms with E-state index in [0.29, 0.717) is 10.4 Å². The van der Waals surface area contributed by atoms with E-state index in [1.807, 2.05) is 18.2 Å². The van der Waals surface area contributed by atoms with E-state index in [1.54, 1.807) is 0 Å². The number of nitrogens with zero attached hydrogens (tertiary/aromatic N) is 1. The highest BCUT2D eigenvalue weighted by molar-refractivity contribution is 7.22. The van der Waals surface area contributed by atoms with Gasteiger partial charge in [0.2, 0.25) is 0 Å². The number of fused-ring (bicyclic) bond motifs is 1. The largest absolute Gasteiger partial charge is 0.493 e. The normalized spacial score (nSPS) is 11.2. The second-order valence-corrected chi connectivity index (χ2v) is 5.41. The monoisotopic (exact) mass is 241 g/mol. The summed E-state index contributed by atoms with van der Waals surface area (Å²) >= 11 is 7.30. The van der Waals surface area contributed by atoms with Crippen LogP contribution in [0.4, 0.5) is 0 Å². The van der Waals surface area contributed by atoms with Crippen molar-refractivity contribution >= 4 is 33.2 Å². The molecule has 1 heterocycles. The lowest BCUT2D eigenvalue weighted by atomic mass is 10.2. The molecule has 1 aromatic carbocycles. The number of halogens is 1. The van der Waals surface area contributed by atoms with Gasteiger partial charge in [0, 0.05) is 0 Å². The van der Waals surface area contributed by atoms with Crippen LogP contribution >= 0.6 is 22.9 Å². The second kappa shape index (κ2) is 4.37. The summed E-state index contributed by atoms with van der Waals surface area (Å²) in [5.41, 5.74) is 0.932. The lowest BCUT2D eigenvalue weighted by Gasteiger charge is -2.07. The molecule has 0 aliphatic heterocycles. The van der Waals surface area contributed by atoms with E-state index in [1.165, 1.54) is 11.3 Å². The first-order chi connectivity index (χ1) is 7.15. The second-order valence-electron chi connectivity index (χ2n) is 3.80. The van der Waals surface area contributed by atoms with Gasteiger partial charge in [0.05, 0.1) is 16.8 Å². The van der Waals surface area contributed by atoms with E-state index in [2.05, 4.69) is 18.8 Å². The van der Waals surface area contributed by atoms with Gasteiger partial charge < -0.3 is 4.74 Å². The third kappa shape index (κ3) is 2.61. The number of hydrogen-bond donors (Lipinski definition) is 0. The molecule has 0 N–H and O–H groups in total. The number of thiazole rings is 1. The van der Waals surface area contributed by atoms with Gasteiger partial charge in [-0.05, 0) is 24.1 Å². The zero-order chi connectivity index (χ0) is 10.8. The summed E-state index contributed by atoms with van der Waals surface area (Å²) < 4.78 is 7.27. The van der Waals surface area contributed by atoms with Crippen molar-refractivity contribution in [3.8, 4) is 5.75 Å². The first kappa shape index (κ1) is 10.7. The standard InChI is InChI=1S/C11H12ClNOS/c1-7(2)6-14-8-3-4-9-10(5-8)15-11(12)13-9/h3-5,7H,6H2,1-2H3. The third-order valence-corrected chi connectivity index (χ3v) is 3.04. The number of ether oxygens (including phenoxy) is 1. The minimum Gasteiger partial charge on any atom is -0.493 e. The van der Waals surface area contributed by atoms with E-state index in [4.69, 9.17) is 16.3 Å². The molecule has 0 bridgehead atoms. The Kier molecular flexibility index (Phi) is 3.12. The first-order valence-electron chi connectivity index (χ1n) is 4.84. The number of benzene rings is 1. The van der Waals surface area contributed by atoms with Crippen LogP contribution in [0, 0.1) is 5.92 Å². The van der Waals surface area contributed by atoms with Crippen molar-refractivity contribution in [3.63, 3.8) is 0 Å². The average molecular weight is 242 g/mol. The Morgan fingerprint density at radius 1 is 1.47 bits per heavy atom. The molecule has 15 heavy (non-hydrogen) atoms. The van der Waals surface area contributed by atoms with Crippen molar-refractivity contribution in [2.45, 2.75) is 13.8 Å². The van der Waals surface area contributed by atoms with Gasteiger partial charge in [-0.3, -0.25) is 0 Å². The van der Waals surface area contributed by atoms with Crippen molar-refractivity contribution in [1.29, 1.82) is 0 Å². The summed E-state index contributed by atoms with van der Waals surface area (Å²) in [6.07, 6.45) is 0. The Morgan fingerprint density at radius 2 is 2.27 bits per heavy atom. The summed E-state index contributed by atoms with van der Waals surface area (Å²) in [6.45, 7) is 4.99. The Bertz CT molecular complexity index is 467. The van der Waals surface area contributed by atoms with E-state index in [9.17, 15) is 0 Å². The third-order valence-electron chi connectivity index (χ3n) is 1.92. The van der Waals surface area contributed by atoms with Crippen molar-refractivity contribution in [1.82, 2.24) is 4.98 Å². The quantitative estimate of drug-likeness (QED) is 0.811. The number of rotatable bonds is 3. The van der Waals surface area contributed by atoms with Gasteiger partial charge in [0.1, 0.15) is 5.75 Å². The fraction of sp³-hybridized carbons (Fsp3) is 0.364. The highest BCUT2D eigenvalue weighted by atomic mass is 35.5. The maximum atomic E-state index is 5.83. The predicted octanol–water partition coefficient (Wildman–Crippen LogP) is 3.98. The van der Waals surface area contributed by atoms with Gasteiger partial charge in [-0.1, -0.05) is 25.4 Å². The molecule has 2 rings (SSSR count). The topological polar surface area (TPSA) is 22.1 Å². The molecule has 0 aliphatic rings. The van der Waals surface area contributed by atoms with E-state index in [0.717, 1.165) is 22.6 Å². The summed E-state index contributed by atoms with van der Waals surface area (Å²) in [5.74, 6) is 1.42. The maximum Gasteiger partial charge on any atom is 0.184 e. The molecule has 2 nitrogen and oxygen atoms in total. The lowest BCUT2D eigenvalue weighted by molar-refractivity contribution is 0.271. The van der Waals surface area contributed by atoms with Crippen molar-refractivity contribution in [3.05, 3.63) is 22.7 Å². The molecule has 0 amide bonds. The average Bonchev–Trinajstić information content (AvgIpc) is 2.53. The van der Waals surface area contributed by atoms with Crippen molar-refractivity contribution in [2.75, 3.05) is 6.61 Å². The molecule has 0 fully saturated rings. The Balaban J connectivity index is 2.22. The van der Waals surface area contributed by atoms with Crippen LogP contribution in [-0.4, -0.2) is 11.6 Å². The van der Waals surface area contributed by atoms with E-state index < -0.39 is 0 Å². The number of aromatic nitrogens is 1. The first-order valence-corrected chi connectivity index (χ1v) is 6.03. The molecule has 0 aliphatic carbocycles. The summed E-state index contributed by atoms with van der Waals surface area (Å²) in [6, 6.07) is 5.86. The molecule has 0 unspecified atom stereocenters. The van der Waals surface area contributed by atoms with Gasteiger partial charge in [0.25, 0.3) is 0 Å². The summed E-state index contributed by atoms with van der Waals surface area (Å²) in [5, 5.41) is 0. The number of hydrogen-bond acceptors (Lipinski definition) is 3. The molecular formula is C11H12ClNOS. The molecule has 2 aromatic rings. The van der Waals surface area contributed by atoms with Crippen LogP contribution in [-0.2, 0) is 0 Å². The Labute approximate surface area is 97.8 Å². The fourth-order valence-corrected chi connectivity index (χ4v) is 2.29.